The lowest BCUT2D eigenvalue weighted by Gasteiger charge is -2.27. The van der Waals surface area contributed by atoms with Gasteiger partial charge in [0.15, 0.2) is 4.90 Å². The smallest absolute Gasteiger partial charge is 0.459 e. The standard InChI is InChI=1S/C25H18F8N2OS/c1-37(36)18-11-9-15(10-12-18)16-5-4-6-17(13-16)21-14-22(23(26,27)25(31,32)33)34-35(21)20-8-3-2-7-19(20)24(28,29)30/h2-13,21H,14H2,1H3. The molecule has 0 saturated heterocycles. The van der Waals surface area contributed by atoms with Gasteiger partial charge in [-0.1, -0.05) is 30.3 Å². The second-order valence-corrected chi connectivity index (χ2v) is 9.68. The molecule has 0 radical (unpaired) electrons. The Kier molecular flexibility index (Phi) is 7.02. The highest BCUT2D eigenvalue weighted by Gasteiger charge is 2.63. The first kappa shape index (κ1) is 26.9. The van der Waals surface area contributed by atoms with Gasteiger partial charge < -0.3 is 4.55 Å². The molecule has 0 saturated carbocycles. The maximum atomic E-state index is 14.3. The summed E-state index contributed by atoms with van der Waals surface area (Å²) in [6, 6.07) is 15.2. The highest BCUT2D eigenvalue weighted by Crippen LogP contribution is 2.47. The maximum absolute atomic E-state index is 14.3. The van der Waals surface area contributed by atoms with E-state index in [4.69, 9.17) is 0 Å². The maximum Gasteiger partial charge on any atom is 0.459 e. The van der Waals surface area contributed by atoms with Crippen molar-refractivity contribution in [2.24, 2.45) is 5.10 Å². The molecule has 12 heteroatoms. The van der Waals surface area contributed by atoms with Crippen molar-refractivity contribution in [2.45, 2.75) is 35.6 Å². The van der Waals surface area contributed by atoms with Crippen LogP contribution in [0.4, 0.5) is 40.8 Å². The lowest BCUT2D eigenvalue weighted by molar-refractivity contribution is -0.249. The molecule has 3 aromatic carbocycles. The molecule has 3 aromatic rings. The van der Waals surface area contributed by atoms with Gasteiger partial charge in [-0.25, -0.2) is 0 Å². The van der Waals surface area contributed by atoms with Crippen molar-refractivity contribution in [2.75, 3.05) is 11.3 Å². The van der Waals surface area contributed by atoms with E-state index in [0.717, 1.165) is 12.1 Å². The summed E-state index contributed by atoms with van der Waals surface area (Å²) in [5.74, 6) is -5.34. The van der Waals surface area contributed by atoms with Crippen molar-refractivity contribution < 1.29 is 39.7 Å². The SMILES string of the molecule is C[S+]([O-])c1ccc(-c2cccc(C3CC(C(F)(F)C(F)(F)F)=NN3c3ccccc3C(F)(F)F)c2)cc1. The predicted octanol–water partition coefficient (Wildman–Crippen LogP) is 7.61. The zero-order valence-corrected chi connectivity index (χ0v) is 19.8. The zero-order valence-electron chi connectivity index (χ0n) is 18.9. The summed E-state index contributed by atoms with van der Waals surface area (Å²) in [5, 5.41) is 3.99. The van der Waals surface area contributed by atoms with Crippen molar-refractivity contribution in [3.63, 3.8) is 0 Å². The van der Waals surface area contributed by atoms with Crippen LogP contribution in [0.3, 0.4) is 0 Å². The molecule has 1 aliphatic rings. The van der Waals surface area contributed by atoms with E-state index in [0.29, 0.717) is 27.1 Å². The summed E-state index contributed by atoms with van der Waals surface area (Å²) >= 11 is -1.23. The summed E-state index contributed by atoms with van der Waals surface area (Å²) < 4.78 is 121. The first-order chi connectivity index (χ1) is 17.2. The third-order valence-electron chi connectivity index (χ3n) is 5.88. The minimum Gasteiger partial charge on any atom is -0.612 e. The van der Waals surface area contributed by atoms with E-state index in [-0.39, 0.29) is 5.56 Å². The Morgan fingerprint density at radius 2 is 1.49 bits per heavy atom. The van der Waals surface area contributed by atoms with Crippen LogP contribution >= 0.6 is 0 Å². The van der Waals surface area contributed by atoms with Crippen molar-refractivity contribution in [3.05, 3.63) is 83.9 Å². The van der Waals surface area contributed by atoms with Crippen molar-refractivity contribution >= 4 is 22.6 Å². The van der Waals surface area contributed by atoms with Gasteiger partial charge in [0.1, 0.15) is 12.0 Å². The van der Waals surface area contributed by atoms with Gasteiger partial charge in [-0.2, -0.15) is 40.2 Å². The Labute approximate surface area is 209 Å². The lowest BCUT2D eigenvalue weighted by atomic mass is 9.95. The van der Waals surface area contributed by atoms with E-state index in [1.165, 1.54) is 30.5 Å². The molecule has 1 aliphatic heterocycles. The van der Waals surface area contributed by atoms with Crippen LogP contribution in [0.25, 0.3) is 11.1 Å². The molecule has 3 nitrogen and oxygen atoms in total. The van der Waals surface area contributed by atoms with Gasteiger partial charge in [-0.05, 0) is 70.3 Å². The van der Waals surface area contributed by atoms with Crippen LogP contribution in [0.2, 0.25) is 0 Å². The topological polar surface area (TPSA) is 38.7 Å². The first-order valence-electron chi connectivity index (χ1n) is 10.7. The van der Waals surface area contributed by atoms with Crippen LogP contribution in [0.15, 0.2) is 82.8 Å². The van der Waals surface area contributed by atoms with Crippen LogP contribution < -0.4 is 5.01 Å². The van der Waals surface area contributed by atoms with Gasteiger partial charge in [0.05, 0.1) is 17.3 Å². The number of nitrogens with zero attached hydrogens (tertiary/aromatic N) is 2. The minimum atomic E-state index is -5.97. The Hall–Kier alpha value is -3.12. The van der Waals surface area contributed by atoms with Crippen molar-refractivity contribution in [3.8, 4) is 11.1 Å². The molecule has 0 aliphatic carbocycles. The largest absolute Gasteiger partial charge is 0.612 e. The fraction of sp³-hybridized carbons (Fsp3) is 0.240. The van der Waals surface area contributed by atoms with Gasteiger partial charge in [0, 0.05) is 6.42 Å². The highest BCUT2D eigenvalue weighted by atomic mass is 32.2. The fourth-order valence-electron chi connectivity index (χ4n) is 4.02. The average Bonchev–Trinajstić information content (AvgIpc) is 3.29. The molecule has 0 aromatic heterocycles. The number of benzene rings is 3. The number of hydrogen-bond acceptors (Lipinski definition) is 3. The first-order valence-corrected chi connectivity index (χ1v) is 12.3. The number of hydrazone groups is 1. The molecule has 4 rings (SSSR count). The number of anilines is 1. The molecule has 0 bridgehead atoms. The molecular weight excluding hydrogens is 528 g/mol. The fourth-order valence-corrected chi connectivity index (χ4v) is 4.54. The Bertz CT molecular complexity index is 1300. The molecule has 0 fully saturated rings. The van der Waals surface area contributed by atoms with E-state index in [1.54, 1.807) is 30.3 Å². The van der Waals surface area contributed by atoms with Crippen LogP contribution in [-0.4, -0.2) is 28.6 Å². The number of halogens is 8. The summed E-state index contributed by atoms with van der Waals surface area (Å²) in [4.78, 5) is 0.554. The number of hydrogen-bond donors (Lipinski definition) is 0. The molecule has 2 unspecified atom stereocenters. The number of alkyl halides is 8. The normalized spacial score (nSPS) is 17.6. The third-order valence-corrected chi connectivity index (χ3v) is 6.81. The lowest BCUT2D eigenvalue weighted by Crippen LogP contribution is -2.43. The van der Waals surface area contributed by atoms with E-state index in [9.17, 15) is 39.7 Å². The molecular formula is C25H18F8N2OS. The van der Waals surface area contributed by atoms with Crippen molar-refractivity contribution in [1.82, 2.24) is 0 Å². The molecule has 0 N–H and O–H groups in total. The highest BCUT2D eigenvalue weighted by molar-refractivity contribution is 7.90. The van der Waals surface area contributed by atoms with Gasteiger partial charge >= 0.3 is 18.3 Å². The molecule has 1 heterocycles. The molecule has 196 valence electrons. The second-order valence-electron chi connectivity index (χ2n) is 8.30. The Morgan fingerprint density at radius 3 is 2.08 bits per heavy atom. The quantitative estimate of drug-likeness (QED) is 0.244. The number of rotatable bonds is 5. The zero-order chi connectivity index (χ0) is 27.2. The van der Waals surface area contributed by atoms with Gasteiger partial charge in [-0.3, -0.25) is 5.01 Å². The predicted molar refractivity (Wildman–Crippen MR) is 124 cm³/mol. The van der Waals surface area contributed by atoms with Gasteiger partial charge in [0.25, 0.3) is 0 Å². The minimum absolute atomic E-state index is 0.189. The molecule has 0 amide bonds. The van der Waals surface area contributed by atoms with Crippen molar-refractivity contribution in [1.29, 1.82) is 0 Å². The summed E-state index contributed by atoms with van der Waals surface area (Å²) in [6.07, 6.45) is -10.3. The summed E-state index contributed by atoms with van der Waals surface area (Å²) in [7, 11) is 0. The summed E-state index contributed by atoms with van der Waals surface area (Å²) in [5.41, 5.74) is -2.10. The molecule has 2 atom stereocenters. The van der Waals surface area contributed by atoms with Gasteiger partial charge in [-0.15, -0.1) is 0 Å². The number of para-hydroxylation sites is 1. The van der Waals surface area contributed by atoms with E-state index < -0.39 is 58.9 Å². The Morgan fingerprint density at radius 1 is 0.838 bits per heavy atom. The van der Waals surface area contributed by atoms with Crippen LogP contribution in [-0.2, 0) is 17.4 Å². The van der Waals surface area contributed by atoms with E-state index in [2.05, 4.69) is 5.10 Å². The summed E-state index contributed by atoms with van der Waals surface area (Å²) in [6.45, 7) is 0. The van der Waals surface area contributed by atoms with E-state index in [1.807, 2.05) is 0 Å². The van der Waals surface area contributed by atoms with Crippen LogP contribution in [0, 0.1) is 0 Å². The monoisotopic (exact) mass is 546 g/mol. The Balaban J connectivity index is 1.81. The average molecular weight is 546 g/mol. The van der Waals surface area contributed by atoms with Crippen LogP contribution in [0.5, 0.6) is 0 Å². The molecule has 0 spiro atoms. The molecule has 37 heavy (non-hydrogen) atoms. The van der Waals surface area contributed by atoms with E-state index >= 15 is 0 Å². The van der Waals surface area contributed by atoms with Crippen LogP contribution in [0.1, 0.15) is 23.6 Å². The second kappa shape index (κ2) is 9.64. The third kappa shape index (κ3) is 5.30. The van der Waals surface area contributed by atoms with Gasteiger partial charge in [0.2, 0.25) is 0 Å².